The number of carbonyl (C=O) groups excluding carboxylic acids is 1. The molecule has 0 spiro atoms. The van der Waals surface area contributed by atoms with E-state index in [1.165, 1.54) is 5.56 Å². The van der Waals surface area contributed by atoms with Crippen molar-refractivity contribution in [3.05, 3.63) is 45.4 Å². The Morgan fingerprint density at radius 1 is 1.41 bits per heavy atom. The topological polar surface area (TPSA) is 29.1 Å². The van der Waals surface area contributed by atoms with E-state index in [-0.39, 0.29) is 11.8 Å². The van der Waals surface area contributed by atoms with E-state index in [9.17, 15) is 4.79 Å². The molecule has 0 bridgehead atoms. The summed E-state index contributed by atoms with van der Waals surface area (Å²) < 4.78 is 1.83. The Hall–Kier alpha value is -0.610. The summed E-state index contributed by atoms with van der Waals surface area (Å²) in [6.45, 7) is 6.20. The van der Waals surface area contributed by atoms with Crippen LogP contribution in [-0.4, -0.2) is 12.5 Å². The van der Waals surface area contributed by atoms with Gasteiger partial charge >= 0.3 is 0 Å². The SMILES string of the molecule is C=C(Br)CNC(=O)CC(C)c1ccc(Br)cc1. The van der Waals surface area contributed by atoms with Crippen LogP contribution in [0.3, 0.4) is 0 Å². The zero-order valence-corrected chi connectivity index (χ0v) is 12.8. The molecule has 0 heterocycles. The van der Waals surface area contributed by atoms with Gasteiger partial charge in [-0.3, -0.25) is 4.79 Å². The zero-order chi connectivity index (χ0) is 12.8. The standard InChI is InChI=1S/C13H15Br2NO/c1-9(7-13(17)16-8-10(2)14)11-3-5-12(15)6-4-11/h3-6,9H,2,7-8H2,1H3,(H,16,17). The van der Waals surface area contributed by atoms with Gasteiger partial charge < -0.3 is 5.32 Å². The number of amides is 1. The van der Waals surface area contributed by atoms with Crippen LogP contribution in [0.15, 0.2) is 39.8 Å². The monoisotopic (exact) mass is 359 g/mol. The molecule has 1 aromatic carbocycles. The van der Waals surface area contributed by atoms with Gasteiger partial charge in [-0.05, 0) is 23.6 Å². The first kappa shape index (κ1) is 14.5. The van der Waals surface area contributed by atoms with Gasteiger partial charge in [-0.1, -0.05) is 57.5 Å². The molecular formula is C13H15Br2NO. The van der Waals surface area contributed by atoms with Crippen LogP contribution in [0.1, 0.15) is 24.8 Å². The van der Waals surface area contributed by atoms with Gasteiger partial charge in [-0.2, -0.15) is 0 Å². The Labute approximate surface area is 119 Å². The van der Waals surface area contributed by atoms with Gasteiger partial charge in [0.15, 0.2) is 0 Å². The lowest BCUT2D eigenvalue weighted by Gasteiger charge is -2.12. The molecule has 0 aliphatic carbocycles. The molecule has 1 rings (SSSR count). The summed E-state index contributed by atoms with van der Waals surface area (Å²) >= 11 is 6.60. The van der Waals surface area contributed by atoms with Crippen molar-refractivity contribution in [3.8, 4) is 0 Å². The summed E-state index contributed by atoms with van der Waals surface area (Å²) in [4.78, 5) is 11.6. The van der Waals surface area contributed by atoms with Crippen molar-refractivity contribution in [1.29, 1.82) is 0 Å². The molecule has 0 fully saturated rings. The van der Waals surface area contributed by atoms with Gasteiger partial charge in [0.1, 0.15) is 0 Å². The lowest BCUT2D eigenvalue weighted by Crippen LogP contribution is -2.25. The highest BCUT2D eigenvalue weighted by Crippen LogP contribution is 2.21. The summed E-state index contributed by atoms with van der Waals surface area (Å²) in [5, 5.41) is 2.80. The molecule has 4 heteroatoms. The van der Waals surface area contributed by atoms with Crippen LogP contribution in [0.25, 0.3) is 0 Å². The smallest absolute Gasteiger partial charge is 0.220 e. The Morgan fingerprint density at radius 3 is 2.53 bits per heavy atom. The number of rotatable bonds is 5. The van der Waals surface area contributed by atoms with Gasteiger partial charge in [-0.25, -0.2) is 0 Å². The second-order valence-corrected chi connectivity index (χ2v) is 5.99. The minimum absolute atomic E-state index is 0.0426. The van der Waals surface area contributed by atoms with Crippen LogP contribution >= 0.6 is 31.9 Å². The molecule has 1 atom stereocenters. The first-order chi connectivity index (χ1) is 7.99. The van der Waals surface area contributed by atoms with Crippen LogP contribution < -0.4 is 5.32 Å². The van der Waals surface area contributed by atoms with Crippen molar-refractivity contribution in [2.24, 2.45) is 0 Å². The molecule has 0 radical (unpaired) electrons. The summed E-state index contributed by atoms with van der Waals surface area (Å²) in [7, 11) is 0. The Balaban J connectivity index is 2.48. The lowest BCUT2D eigenvalue weighted by atomic mass is 9.98. The van der Waals surface area contributed by atoms with Crippen molar-refractivity contribution >= 4 is 37.8 Å². The number of hydrogen-bond acceptors (Lipinski definition) is 1. The maximum Gasteiger partial charge on any atom is 0.220 e. The quantitative estimate of drug-likeness (QED) is 0.845. The zero-order valence-electron chi connectivity index (χ0n) is 9.67. The fourth-order valence-corrected chi connectivity index (χ4v) is 1.86. The van der Waals surface area contributed by atoms with E-state index in [2.05, 4.69) is 43.8 Å². The molecule has 1 N–H and O–H groups in total. The molecule has 2 nitrogen and oxygen atoms in total. The van der Waals surface area contributed by atoms with Crippen molar-refractivity contribution in [1.82, 2.24) is 5.32 Å². The molecule has 0 aliphatic rings. The molecule has 0 aliphatic heterocycles. The fraction of sp³-hybridized carbons (Fsp3) is 0.308. The predicted molar refractivity (Wildman–Crippen MR) is 78.3 cm³/mol. The normalized spacial score (nSPS) is 11.9. The number of halogens is 2. The molecule has 0 saturated heterocycles. The molecule has 1 unspecified atom stereocenters. The highest BCUT2D eigenvalue weighted by atomic mass is 79.9. The van der Waals surface area contributed by atoms with E-state index in [1.54, 1.807) is 0 Å². The predicted octanol–water partition coefficient (Wildman–Crippen LogP) is 3.97. The third-order valence-electron chi connectivity index (χ3n) is 2.41. The summed E-state index contributed by atoms with van der Waals surface area (Å²) in [5.41, 5.74) is 1.17. The highest BCUT2D eigenvalue weighted by Gasteiger charge is 2.10. The van der Waals surface area contributed by atoms with Crippen LogP contribution in [-0.2, 0) is 4.79 Å². The van der Waals surface area contributed by atoms with E-state index in [4.69, 9.17) is 0 Å². The van der Waals surface area contributed by atoms with Gasteiger partial charge in [-0.15, -0.1) is 0 Å². The minimum Gasteiger partial charge on any atom is -0.352 e. The molecule has 0 aromatic heterocycles. The second-order valence-electron chi connectivity index (χ2n) is 3.95. The fourth-order valence-electron chi connectivity index (χ4n) is 1.45. The van der Waals surface area contributed by atoms with Gasteiger partial charge in [0.2, 0.25) is 5.91 Å². The minimum atomic E-state index is 0.0426. The molecule has 17 heavy (non-hydrogen) atoms. The van der Waals surface area contributed by atoms with Gasteiger partial charge in [0, 0.05) is 21.9 Å². The summed E-state index contributed by atoms with van der Waals surface area (Å²) in [5.74, 6) is 0.257. The molecule has 92 valence electrons. The van der Waals surface area contributed by atoms with Crippen LogP contribution in [0.5, 0.6) is 0 Å². The van der Waals surface area contributed by atoms with E-state index in [1.807, 2.05) is 31.2 Å². The molecule has 1 amide bonds. The second kappa shape index (κ2) is 6.97. The third-order valence-corrected chi connectivity index (χ3v) is 3.22. The number of hydrogen-bond donors (Lipinski definition) is 1. The summed E-state index contributed by atoms with van der Waals surface area (Å²) in [6, 6.07) is 8.05. The number of nitrogens with one attached hydrogen (secondary N) is 1. The van der Waals surface area contributed by atoms with Crippen LogP contribution in [0, 0.1) is 0 Å². The molecular weight excluding hydrogens is 346 g/mol. The highest BCUT2D eigenvalue weighted by molar-refractivity contribution is 9.11. The van der Waals surface area contributed by atoms with E-state index in [0.717, 1.165) is 8.96 Å². The first-order valence-electron chi connectivity index (χ1n) is 5.34. The Morgan fingerprint density at radius 2 is 2.00 bits per heavy atom. The van der Waals surface area contributed by atoms with E-state index in [0.29, 0.717) is 13.0 Å². The third kappa shape index (κ3) is 5.50. The maximum atomic E-state index is 11.6. The average molecular weight is 361 g/mol. The largest absolute Gasteiger partial charge is 0.352 e. The Kier molecular flexibility index (Phi) is 5.92. The van der Waals surface area contributed by atoms with Crippen molar-refractivity contribution in [3.63, 3.8) is 0 Å². The van der Waals surface area contributed by atoms with Crippen molar-refractivity contribution < 1.29 is 4.79 Å². The van der Waals surface area contributed by atoms with E-state index >= 15 is 0 Å². The van der Waals surface area contributed by atoms with Crippen molar-refractivity contribution in [2.45, 2.75) is 19.3 Å². The van der Waals surface area contributed by atoms with Gasteiger partial charge in [0.05, 0.1) is 0 Å². The number of carbonyl (C=O) groups is 1. The van der Waals surface area contributed by atoms with Gasteiger partial charge in [0.25, 0.3) is 0 Å². The Bertz CT molecular complexity index is 400. The first-order valence-corrected chi connectivity index (χ1v) is 6.93. The number of benzene rings is 1. The van der Waals surface area contributed by atoms with Crippen molar-refractivity contribution in [2.75, 3.05) is 6.54 Å². The molecule has 1 aromatic rings. The average Bonchev–Trinajstić information content (AvgIpc) is 2.27. The van der Waals surface area contributed by atoms with Crippen LogP contribution in [0.2, 0.25) is 0 Å². The maximum absolute atomic E-state index is 11.6. The lowest BCUT2D eigenvalue weighted by molar-refractivity contribution is -0.121. The van der Waals surface area contributed by atoms with E-state index < -0.39 is 0 Å². The van der Waals surface area contributed by atoms with Crippen LogP contribution in [0.4, 0.5) is 0 Å². The summed E-state index contributed by atoms with van der Waals surface area (Å²) in [6.07, 6.45) is 0.488. The molecule has 0 saturated carbocycles.